The Hall–Kier alpha value is 14.2. The third kappa shape index (κ3) is 104. The molecule has 16 heteroatoms. The van der Waals surface area contributed by atoms with Crippen molar-refractivity contribution in [3.05, 3.63) is 0 Å². The molecule has 1 unspecified atom stereocenters. The van der Waals surface area contributed by atoms with Crippen LogP contribution in [0.5, 0.6) is 0 Å². The molecule has 0 nitrogen and oxygen atoms in total. The van der Waals surface area contributed by atoms with Gasteiger partial charge in [-0.2, -0.15) is 9.90 Å². The smallest absolute Gasteiger partial charge is 1.00 e. The second-order valence-corrected chi connectivity index (χ2v) is 0. The third-order valence-electron chi connectivity index (χ3n) is 0. The van der Waals surface area contributed by atoms with E-state index in [1.165, 1.54) is 0 Å². The molecule has 1 atom stereocenters. The fourth-order valence-electron chi connectivity index (χ4n) is 0. The van der Waals surface area contributed by atoms with Crippen LogP contribution in [0.3, 0.4) is 0 Å². The first-order chi connectivity index (χ1) is 0. The molecule has 0 aliphatic heterocycles. The van der Waals surface area contributed by atoms with E-state index in [2.05, 4.69) is 0 Å². The summed E-state index contributed by atoms with van der Waals surface area (Å²) >= 11 is 0. The van der Waals surface area contributed by atoms with Crippen LogP contribution in [-0.2, 0) is 160 Å². The summed E-state index contributed by atoms with van der Waals surface area (Å²) < 4.78 is 0. The summed E-state index contributed by atoms with van der Waals surface area (Å²) in [6.45, 7) is 0. The van der Waals surface area contributed by atoms with Crippen molar-refractivity contribution in [3.63, 3.8) is 0 Å². The Morgan fingerprint density at radius 1 is 1.06 bits per heavy atom. The molecular weight excluding hydrogens is 2060 g/mol. The van der Waals surface area contributed by atoms with Gasteiger partial charge in [0.15, 0.2) is 0 Å². The normalized spacial score (nSPS) is 0. The largest absolute Gasteiger partial charge is 1.00 e. The van der Waals surface area contributed by atoms with Crippen LogP contribution in [0.2, 0.25) is 0 Å². The third-order valence-corrected chi connectivity index (χ3v) is 0. The van der Waals surface area contributed by atoms with E-state index in [0.717, 1.165) is 0 Å². The van der Waals surface area contributed by atoms with Crippen LogP contribution in [-0.4, -0.2) is 17.6 Å². The average Bonchev–Trinajstić information content (AvgIpc) is 0. The van der Waals surface area contributed by atoms with E-state index in [9.17, 15) is 0 Å². The summed E-state index contributed by atoms with van der Waals surface area (Å²) in [6, 6.07) is 0. The molecular formula is H4CuDyErGdGeKOsPPdPtReTiUVWYb. The van der Waals surface area contributed by atoms with Gasteiger partial charge in [0.25, 0.3) is 0 Å². The van der Waals surface area contributed by atoms with Gasteiger partial charge in [-0.25, -0.2) is 0 Å². The van der Waals surface area contributed by atoms with Gasteiger partial charge >= 0.3 is 51.4 Å². The summed E-state index contributed by atoms with van der Waals surface area (Å²) in [7, 11) is 0. The van der Waals surface area contributed by atoms with Crippen LogP contribution in [0, 0.1) is 193 Å². The van der Waals surface area contributed by atoms with Crippen LogP contribution < -0.4 is 51.4 Å². The maximum absolute atomic E-state index is 0. The van der Waals surface area contributed by atoms with Gasteiger partial charge in [-0.1, -0.05) is 0 Å². The number of hydrogen-bond donors (Lipinski definition) is 0. The molecule has 0 aromatic carbocycles. The number of rotatable bonds is 0. The van der Waals surface area contributed by atoms with Crippen LogP contribution in [0.4, 0.5) is 0 Å². The van der Waals surface area contributed by atoms with E-state index < -0.39 is 0 Å². The van der Waals surface area contributed by atoms with Gasteiger partial charge in [0.2, 0.25) is 0 Å². The van der Waals surface area contributed by atoms with Crippen molar-refractivity contribution < 1.29 is 406 Å². The van der Waals surface area contributed by atoms with E-state index in [4.69, 9.17) is 0 Å². The summed E-state index contributed by atoms with van der Waals surface area (Å²) in [5.41, 5.74) is 0. The Morgan fingerprint density at radius 3 is 1.06 bits per heavy atom. The van der Waals surface area contributed by atoms with E-state index in [-0.39, 0.29) is 434 Å². The van der Waals surface area contributed by atoms with Crippen LogP contribution in [0.15, 0.2) is 0 Å². The van der Waals surface area contributed by atoms with Gasteiger partial charge in [-0.05, 0) is 0 Å². The molecule has 0 saturated carbocycles. The topological polar surface area (TPSA) is 0 Å². The molecule has 123 valence electrons. The minimum atomic E-state index is 0. The van der Waals surface area contributed by atoms with Crippen molar-refractivity contribution in [2.75, 3.05) is 0 Å². The monoisotopic (exact) mass is 2070 g/mol. The van der Waals surface area contributed by atoms with Gasteiger partial charge in [0.1, 0.15) is 0 Å². The molecule has 0 spiro atoms. The molecule has 16 heavy (non-hydrogen) atoms. The Morgan fingerprint density at radius 2 is 1.06 bits per heavy atom. The van der Waals surface area contributed by atoms with Crippen molar-refractivity contribution >= 4 is 27.5 Å². The summed E-state index contributed by atoms with van der Waals surface area (Å²) in [6.07, 6.45) is 0. The van der Waals surface area contributed by atoms with Crippen molar-refractivity contribution in [2.24, 2.45) is 0 Å². The van der Waals surface area contributed by atoms with E-state index >= 15 is 0 Å². The Kier molecular flexibility index (Phi) is 920. The summed E-state index contributed by atoms with van der Waals surface area (Å²) in [5, 5.41) is 0. The molecule has 0 aliphatic carbocycles. The van der Waals surface area contributed by atoms with Gasteiger partial charge in [0, 0.05) is 371 Å². The predicted molar refractivity (Wildman–Crippen MR) is 18.0 cm³/mol. The van der Waals surface area contributed by atoms with Crippen molar-refractivity contribution in [1.82, 2.24) is 0 Å². The predicted octanol–water partition coefficient (Wildman–Crippen LogP) is -3.23. The zero-order valence-electron chi connectivity index (χ0n) is 7.95. The van der Waals surface area contributed by atoms with Crippen LogP contribution in [0.25, 0.3) is 0 Å². The minimum Gasteiger partial charge on any atom is -1.00 e. The molecule has 7 radical (unpaired) electrons. The second-order valence-electron chi connectivity index (χ2n) is 0. The standard InChI is InChI=1S/Cu.Dy.Er.Gd.Ge.K.Os.H3P.Pd.Pt.Re.Ti.U.V.W.Yb.H/h;;;;;;;1H3;;;;;;;;;/q;;;;;+1;;;;;;;;;;;-1. The fourth-order valence-corrected chi connectivity index (χ4v) is 0. The summed E-state index contributed by atoms with van der Waals surface area (Å²) in [5.74, 6) is 0. The number of hydrogen-bond acceptors (Lipinski definition) is 0. The average molecular weight is 2070 g/mol. The van der Waals surface area contributed by atoms with Gasteiger partial charge in [0.05, 0.1) is 0 Å². The van der Waals surface area contributed by atoms with Gasteiger partial charge < -0.3 is 1.43 Å². The molecule has 0 aliphatic rings. The molecule has 0 N–H and O–H groups in total. The quantitative estimate of drug-likeness (QED) is 0.177. The van der Waals surface area contributed by atoms with E-state index in [0.29, 0.717) is 0 Å². The maximum Gasteiger partial charge on any atom is 1.00 e. The van der Waals surface area contributed by atoms with Crippen molar-refractivity contribution in [2.45, 2.75) is 0 Å². The molecule has 0 heterocycles. The minimum absolute atomic E-state index is 0. The van der Waals surface area contributed by atoms with Crippen LogP contribution >= 0.6 is 9.90 Å². The Balaban J connectivity index is 0. The molecule has 0 aromatic rings. The zero-order valence-corrected chi connectivity index (χ0v) is 41.5. The zero-order chi connectivity index (χ0) is 0. The Bertz CT molecular complexity index is 69.5. The molecule has 0 bridgehead atoms. The molecule has 0 amide bonds. The maximum atomic E-state index is 0. The van der Waals surface area contributed by atoms with E-state index in [1.54, 1.807) is 0 Å². The molecule has 0 aromatic heterocycles. The fraction of sp³-hybridized carbons (Fsp3) is 0. The molecule has 0 fully saturated rings. The molecule has 0 rings (SSSR count). The van der Waals surface area contributed by atoms with Crippen LogP contribution in [0.1, 0.15) is 1.43 Å². The SMILES string of the molecule is P.[Cu].[Dy].[Er].[Gd].[Ge].[H-].[K+].[Os].[Pd].[Pt].[Re].[Ti].[U].[V].[W].[Yb]. The van der Waals surface area contributed by atoms with Gasteiger partial charge in [-0.15, -0.1) is 0 Å². The van der Waals surface area contributed by atoms with Crippen molar-refractivity contribution in [1.29, 1.82) is 0 Å². The first-order valence-electron chi connectivity index (χ1n) is 0. The summed E-state index contributed by atoms with van der Waals surface area (Å²) in [4.78, 5) is 0. The van der Waals surface area contributed by atoms with E-state index in [1.807, 2.05) is 0 Å². The molecule has 0 saturated heterocycles. The first kappa shape index (κ1) is 128. The Labute approximate surface area is 419 Å². The van der Waals surface area contributed by atoms with Gasteiger partial charge in [-0.3, -0.25) is 0 Å². The second kappa shape index (κ2) is 115. The first-order valence-corrected chi connectivity index (χ1v) is 0. The van der Waals surface area contributed by atoms with Crippen molar-refractivity contribution in [3.8, 4) is 0 Å².